The average molecular weight is 210 g/mol. The Labute approximate surface area is 89.8 Å². The fourth-order valence-electron chi connectivity index (χ4n) is 2.25. The molecule has 2 rings (SSSR count). The van der Waals surface area contributed by atoms with Gasteiger partial charge in [0, 0.05) is 9.75 Å². The zero-order valence-electron chi connectivity index (χ0n) is 8.92. The van der Waals surface area contributed by atoms with E-state index in [4.69, 9.17) is 0 Å². The summed E-state index contributed by atoms with van der Waals surface area (Å²) in [5.74, 6) is 0.521. The molecule has 1 aliphatic carbocycles. The third kappa shape index (κ3) is 1.86. The summed E-state index contributed by atoms with van der Waals surface area (Å²) in [4.78, 5) is 2.52. The van der Waals surface area contributed by atoms with Gasteiger partial charge in [-0.25, -0.2) is 0 Å². The van der Waals surface area contributed by atoms with Gasteiger partial charge in [0.05, 0.1) is 6.10 Å². The van der Waals surface area contributed by atoms with E-state index >= 15 is 0 Å². The lowest BCUT2D eigenvalue weighted by Gasteiger charge is -2.15. The first kappa shape index (κ1) is 10.2. The number of hydrogen-bond donors (Lipinski definition) is 1. The van der Waals surface area contributed by atoms with Crippen LogP contribution in [0, 0.1) is 19.8 Å². The smallest absolute Gasteiger partial charge is 0.0910 e. The molecule has 1 nitrogen and oxygen atoms in total. The van der Waals surface area contributed by atoms with E-state index in [0.717, 1.165) is 0 Å². The van der Waals surface area contributed by atoms with Crippen molar-refractivity contribution >= 4 is 11.3 Å². The van der Waals surface area contributed by atoms with E-state index in [9.17, 15) is 5.11 Å². The molecule has 0 bridgehead atoms. The molecule has 1 aromatic heterocycles. The number of aliphatic hydroxyl groups is 1. The van der Waals surface area contributed by atoms with Crippen LogP contribution < -0.4 is 0 Å². The number of aliphatic hydroxyl groups excluding tert-OH is 1. The molecular formula is C12H18OS. The zero-order valence-corrected chi connectivity index (χ0v) is 9.73. The van der Waals surface area contributed by atoms with Gasteiger partial charge in [-0.2, -0.15) is 0 Å². The molecule has 0 spiro atoms. The van der Waals surface area contributed by atoms with Gasteiger partial charge in [0.25, 0.3) is 0 Å². The lowest BCUT2D eigenvalue weighted by Crippen LogP contribution is -2.06. The Morgan fingerprint density at radius 1 is 1.36 bits per heavy atom. The van der Waals surface area contributed by atoms with Crippen LogP contribution in [0.3, 0.4) is 0 Å². The maximum absolute atomic E-state index is 10.2. The minimum Gasteiger partial charge on any atom is -0.387 e. The van der Waals surface area contributed by atoms with E-state index in [2.05, 4.69) is 19.9 Å². The molecule has 1 unspecified atom stereocenters. The number of rotatable bonds is 2. The standard InChI is InChI=1S/C12H18OS/c1-8-7-11(14-9(8)2)12(13)10-5-3-4-6-10/h7,10,12-13H,3-6H2,1-2H3. The molecular weight excluding hydrogens is 192 g/mol. The Kier molecular flexibility index (Phi) is 2.93. The highest BCUT2D eigenvalue weighted by atomic mass is 32.1. The van der Waals surface area contributed by atoms with E-state index in [0.29, 0.717) is 5.92 Å². The van der Waals surface area contributed by atoms with Crippen molar-refractivity contribution in [3.63, 3.8) is 0 Å². The highest BCUT2D eigenvalue weighted by molar-refractivity contribution is 7.12. The Morgan fingerprint density at radius 2 is 2.00 bits per heavy atom. The minimum absolute atomic E-state index is 0.199. The van der Waals surface area contributed by atoms with Gasteiger partial charge in [0.2, 0.25) is 0 Å². The van der Waals surface area contributed by atoms with Gasteiger partial charge in [0.15, 0.2) is 0 Å². The van der Waals surface area contributed by atoms with Crippen LogP contribution in [0.15, 0.2) is 6.07 Å². The van der Waals surface area contributed by atoms with Gasteiger partial charge in [0.1, 0.15) is 0 Å². The molecule has 0 aliphatic heterocycles. The molecule has 0 amide bonds. The molecule has 0 aromatic carbocycles. The summed E-state index contributed by atoms with van der Waals surface area (Å²) in [6, 6.07) is 2.16. The second kappa shape index (κ2) is 4.03. The van der Waals surface area contributed by atoms with Crippen LogP contribution in [-0.4, -0.2) is 5.11 Å². The second-order valence-corrected chi connectivity index (χ2v) is 5.67. The van der Waals surface area contributed by atoms with Crippen molar-refractivity contribution in [2.45, 2.75) is 45.6 Å². The molecule has 14 heavy (non-hydrogen) atoms. The lowest BCUT2D eigenvalue weighted by molar-refractivity contribution is 0.115. The number of hydrogen-bond acceptors (Lipinski definition) is 2. The van der Waals surface area contributed by atoms with Crippen LogP contribution in [0.25, 0.3) is 0 Å². The Hall–Kier alpha value is -0.340. The van der Waals surface area contributed by atoms with Crippen molar-refractivity contribution in [3.05, 3.63) is 21.4 Å². The third-order valence-corrected chi connectivity index (χ3v) is 4.55. The molecule has 1 fully saturated rings. The fraction of sp³-hybridized carbons (Fsp3) is 0.667. The van der Waals surface area contributed by atoms with Crippen molar-refractivity contribution in [2.24, 2.45) is 5.92 Å². The average Bonchev–Trinajstić information content (AvgIpc) is 2.76. The summed E-state index contributed by atoms with van der Waals surface area (Å²) in [5, 5.41) is 10.2. The predicted molar refractivity (Wildman–Crippen MR) is 60.7 cm³/mol. The van der Waals surface area contributed by atoms with Crippen molar-refractivity contribution in [2.75, 3.05) is 0 Å². The van der Waals surface area contributed by atoms with E-state index in [1.807, 2.05) is 0 Å². The highest BCUT2D eigenvalue weighted by Gasteiger charge is 2.25. The summed E-state index contributed by atoms with van der Waals surface area (Å²) in [5.41, 5.74) is 1.32. The van der Waals surface area contributed by atoms with Crippen molar-refractivity contribution in [1.82, 2.24) is 0 Å². The van der Waals surface area contributed by atoms with Gasteiger partial charge >= 0.3 is 0 Å². The van der Waals surface area contributed by atoms with Crippen LogP contribution in [0.2, 0.25) is 0 Å². The van der Waals surface area contributed by atoms with Gasteiger partial charge in [-0.3, -0.25) is 0 Å². The summed E-state index contributed by atoms with van der Waals surface area (Å²) in [7, 11) is 0. The Bertz CT molecular complexity index is 291. The van der Waals surface area contributed by atoms with E-state index in [1.54, 1.807) is 11.3 Å². The quantitative estimate of drug-likeness (QED) is 0.791. The van der Waals surface area contributed by atoms with E-state index < -0.39 is 0 Å². The first-order valence-corrected chi connectivity index (χ1v) is 6.25. The van der Waals surface area contributed by atoms with Gasteiger partial charge in [-0.1, -0.05) is 12.8 Å². The first-order chi connectivity index (χ1) is 6.68. The number of aryl methyl sites for hydroxylation is 2. The molecule has 1 saturated carbocycles. The second-order valence-electron chi connectivity index (χ2n) is 4.38. The normalized spacial score (nSPS) is 20.2. The van der Waals surface area contributed by atoms with E-state index in [1.165, 1.54) is 41.0 Å². The predicted octanol–water partition coefficient (Wildman–Crippen LogP) is 3.59. The van der Waals surface area contributed by atoms with Crippen LogP contribution in [0.5, 0.6) is 0 Å². The Morgan fingerprint density at radius 3 is 2.50 bits per heavy atom. The van der Waals surface area contributed by atoms with Crippen LogP contribution >= 0.6 is 11.3 Å². The summed E-state index contributed by atoms with van der Waals surface area (Å²) in [6.45, 7) is 4.25. The third-order valence-electron chi connectivity index (χ3n) is 3.32. The lowest BCUT2D eigenvalue weighted by atomic mass is 9.99. The summed E-state index contributed by atoms with van der Waals surface area (Å²) >= 11 is 1.76. The first-order valence-electron chi connectivity index (χ1n) is 5.43. The maximum atomic E-state index is 10.2. The summed E-state index contributed by atoms with van der Waals surface area (Å²) < 4.78 is 0. The molecule has 78 valence electrons. The monoisotopic (exact) mass is 210 g/mol. The molecule has 1 atom stereocenters. The maximum Gasteiger partial charge on any atom is 0.0910 e. The van der Waals surface area contributed by atoms with Gasteiger partial charge in [-0.15, -0.1) is 11.3 Å². The topological polar surface area (TPSA) is 20.2 Å². The van der Waals surface area contributed by atoms with Crippen LogP contribution in [0.1, 0.15) is 47.1 Å². The van der Waals surface area contributed by atoms with E-state index in [-0.39, 0.29) is 6.10 Å². The van der Waals surface area contributed by atoms with Crippen LogP contribution in [-0.2, 0) is 0 Å². The number of thiophene rings is 1. The van der Waals surface area contributed by atoms with Crippen LogP contribution in [0.4, 0.5) is 0 Å². The van der Waals surface area contributed by atoms with Crippen molar-refractivity contribution in [1.29, 1.82) is 0 Å². The Balaban J connectivity index is 2.13. The molecule has 1 aromatic rings. The molecule has 0 saturated heterocycles. The van der Waals surface area contributed by atoms with Gasteiger partial charge in [-0.05, 0) is 44.2 Å². The fourth-order valence-corrected chi connectivity index (χ4v) is 3.38. The van der Waals surface area contributed by atoms with Crippen molar-refractivity contribution in [3.8, 4) is 0 Å². The van der Waals surface area contributed by atoms with Gasteiger partial charge < -0.3 is 5.11 Å². The molecule has 2 heteroatoms. The largest absolute Gasteiger partial charge is 0.387 e. The minimum atomic E-state index is -0.199. The zero-order chi connectivity index (χ0) is 10.1. The van der Waals surface area contributed by atoms with Crippen molar-refractivity contribution < 1.29 is 5.11 Å². The molecule has 1 aliphatic rings. The summed E-state index contributed by atoms with van der Waals surface area (Å²) in [6.07, 6.45) is 4.81. The molecule has 0 radical (unpaired) electrons. The molecule has 1 heterocycles. The highest BCUT2D eigenvalue weighted by Crippen LogP contribution is 2.38. The molecule has 1 N–H and O–H groups in total. The SMILES string of the molecule is Cc1cc(C(O)C2CCCC2)sc1C.